The Balaban J connectivity index is 2.24. The summed E-state index contributed by atoms with van der Waals surface area (Å²) in [6.45, 7) is 1.74. The van der Waals surface area contributed by atoms with Crippen LogP contribution in [-0.4, -0.2) is 10.9 Å². The van der Waals surface area contributed by atoms with E-state index in [9.17, 15) is 18.0 Å². The van der Waals surface area contributed by atoms with Gasteiger partial charge in [0.25, 0.3) is 5.91 Å². The number of aryl methyl sites for hydroxylation is 1. The van der Waals surface area contributed by atoms with Gasteiger partial charge < -0.3 is 0 Å². The van der Waals surface area contributed by atoms with Gasteiger partial charge in [0.15, 0.2) is 22.6 Å². The molecule has 0 aliphatic rings. The van der Waals surface area contributed by atoms with Gasteiger partial charge in [-0.1, -0.05) is 0 Å². The van der Waals surface area contributed by atoms with Crippen LogP contribution in [0.25, 0.3) is 0 Å². The molecule has 0 saturated heterocycles. The van der Waals surface area contributed by atoms with Crippen molar-refractivity contribution in [1.29, 1.82) is 0 Å². The van der Waals surface area contributed by atoms with Crippen molar-refractivity contribution in [3.05, 3.63) is 46.2 Å². The zero-order valence-electron chi connectivity index (χ0n) is 9.13. The fraction of sp³-hybridized carbons (Fsp3) is 0.0909. The fourth-order valence-electron chi connectivity index (χ4n) is 1.27. The summed E-state index contributed by atoms with van der Waals surface area (Å²) in [5.74, 6) is -5.16. The van der Waals surface area contributed by atoms with E-state index in [1.165, 1.54) is 11.3 Å². The van der Waals surface area contributed by atoms with E-state index in [0.717, 1.165) is 0 Å². The Morgan fingerprint density at radius 1 is 1.28 bits per heavy atom. The Labute approximate surface area is 104 Å². The molecular weight excluding hydrogens is 265 g/mol. The van der Waals surface area contributed by atoms with Crippen LogP contribution in [0, 0.1) is 24.4 Å². The Hall–Kier alpha value is -1.89. The smallest absolute Gasteiger partial charge is 0.257 e. The topological polar surface area (TPSA) is 42.0 Å². The summed E-state index contributed by atoms with van der Waals surface area (Å²) >= 11 is 1.18. The second-order valence-corrected chi connectivity index (χ2v) is 4.36. The maximum Gasteiger partial charge on any atom is 0.257 e. The van der Waals surface area contributed by atoms with E-state index in [4.69, 9.17) is 0 Å². The molecule has 18 heavy (non-hydrogen) atoms. The SMILES string of the molecule is Cc1csc(NC(=O)c2cc(F)c(F)c(F)c2)n1. The second kappa shape index (κ2) is 4.77. The van der Waals surface area contributed by atoms with Gasteiger partial charge in [0.05, 0.1) is 5.69 Å². The summed E-state index contributed by atoms with van der Waals surface area (Å²) in [5, 5.41) is 4.38. The highest BCUT2D eigenvalue weighted by molar-refractivity contribution is 7.13. The molecule has 0 spiro atoms. The van der Waals surface area contributed by atoms with Crippen LogP contribution in [0.5, 0.6) is 0 Å². The van der Waals surface area contributed by atoms with Crippen LogP contribution >= 0.6 is 11.3 Å². The Bertz CT molecular complexity index is 589. The van der Waals surface area contributed by atoms with Crippen molar-refractivity contribution in [1.82, 2.24) is 4.98 Å². The van der Waals surface area contributed by atoms with Gasteiger partial charge in [0, 0.05) is 10.9 Å². The third-order valence-electron chi connectivity index (χ3n) is 2.09. The first-order valence-electron chi connectivity index (χ1n) is 4.85. The molecule has 3 nitrogen and oxygen atoms in total. The molecule has 0 aliphatic heterocycles. The summed E-state index contributed by atoms with van der Waals surface area (Å²) in [6.07, 6.45) is 0. The van der Waals surface area contributed by atoms with Gasteiger partial charge in [-0.15, -0.1) is 11.3 Å². The average Bonchev–Trinajstić information content (AvgIpc) is 2.71. The highest BCUT2D eigenvalue weighted by atomic mass is 32.1. The van der Waals surface area contributed by atoms with Crippen LogP contribution in [0.1, 0.15) is 16.1 Å². The minimum absolute atomic E-state index is 0.306. The normalized spacial score (nSPS) is 10.4. The zero-order valence-corrected chi connectivity index (χ0v) is 9.95. The monoisotopic (exact) mass is 272 g/mol. The van der Waals surface area contributed by atoms with Crippen molar-refractivity contribution in [3.63, 3.8) is 0 Å². The number of halogens is 3. The minimum Gasteiger partial charge on any atom is -0.298 e. The molecule has 2 aromatic rings. The van der Waals surface area contributed by atoms with Gasteiger partial charge in [-0.3, -0.25) is 10.1 Å². The molecule has 1 amide bonds. The number of nitrogens with zero attached hydrogens (tertiary/aromatic N) is 1. The Morgan fingerprint density at radius 3 is 2.39 bits per heavy atom. The molecule has 2 rings (SSSR count). The molecule has 1 heterocycles. The predicted molar refractivity (Wildman–Crippen MR) is 61.1 cm³/mol. The summed E-state index contributed by atoms with van der Waals surface area (Å²) in [5.41, 5.74) is 0.408. The molecule has 1 N–H and O–H groups in total. The maximum absolute atomic E-state index is 12.9. The van der Waals surface area contributed by atoms with Crippen LogP contribution in [-0.2, 0) is 0 Å². The van der Waals surface area contributed by atoms with Crippen LogP contribution in [0.2, 0.25) is 0 Å². The number of carbonyl (C=O) groups is 1. The standard InChI is InChI=1S/C11H7F3N2OS/c1-5-4-18-11(15-5)16-10(17)6-2-7(12)9(14)8(13)3-6/h2-4H,1H3,(H,15,16,17). The van der Waals surface area contributed by atoms with E-state index in [2.05, 4.69) is 10.3 Å². The van der Waals surface area contributed by atoms with Crippen LogP contribution in [0.4, 0.5) is 18.3 Å². The highest BCUT2D eigenvalue weighted by Crippen LogP contribution is 2.18. The average molecular weight is 272 g/mol. The molecule has 0 aliphatic carbocycles. The summed E-state index contributed by atoms with van der Waals surface area (Å²) in [7, 11) is 0. The highest BCUT2D eigenvalue weighted by Gasteiger charge is 2.15. The van der Waals surface area contributed by atoms with Crippen molar-refractivity contribution in [2.24, 2.45) is 0 Å². The number of aromatic nitrogens is 1. The molecule has 0 bridgehead atoms. The summed E-state index contributed by atoms with van der Waals surface area (Å²) < 4.78 is 38.6. The zero-order chi connectivity index (χ0) is 13.3. The molecule has 0 fully saturated rings. The van der Waals surface area contributed by atoms with E-state index in [-0.39, 0.29) is 5.56 Å². The van der Waals surface area contributed by atoms with Crippen molar-refractivity contribution in [2.75, 3.05) is 5.32 Å². The van der Waals surface area contributed by atoms with Gasteiger partial charge in [-0.05, 0) is 19.1 Å². The van der Waals surface area contributed by atoms with Crippen molar-refractivity contribution in [3.8, 4) is 0 Å². The number of thiazole rings is 1. The lowest BCUT2D eigenvalue weighted by molar-refractivity contribution is 0.102. The number of hydrogen-bond donors (Lipinski definition) is 1. The number of hydrogen-bond acceptors (Lipinski definition) is 3. The van der Waals surface area contributed by atoms with Gasteiger partial charge in [0.2, 0.25) is 0 Å². The molecule has 0 radical (unpaired) electrons. The van der Waals surface area contributed by atoms with E-state index in [1.807, 2.05) is 0 Å². The van der Waals surface area contributed by atoms with Gasteiger partial charge in [0.1, 0.15) is 0 Å². The minimum atomic E-state index is -1.60. The molecule has 1 aromatic carbocycles. The number of anilines is 1. The van der Waals surface area contributed by atoms with E-state index >= 15 is 0 Å². The number of carbonyl (C=O) groups excluding carboxylic acids is 1. The van der Waals surface area contributed by atoms with Gasteiger partial charge in [-0.25, -0.2) is 18.2 Å². The van der Waals surface area contributed by atoms with Crippen molar-refractivity contribution < 1.29 is 18.0 Å². The number of nitrogens with one attached hydrogen (secondary N) is 1. The predicted octanol–water partition coefficient (Wildman–Crippen LogP) is 3.12. The first-order valence-corrected chi connectivity index (χ1v) is 5.73. The van der Waals surface area contributed by atoms with Crippen LogP contribution in [0.3, 0.4) is 0 Å². The van der Waals surface area contributed by atoms with Gasteiger partial charge in [-0.2, -0.15) is 0 Å². The number of amides is 1. The van der Waals surface area contributed by atoms with E-state index in [1.54, 1.807) is 12.3 Å². The summed E-state index contributed by atoms with van der Waals surface area (Å²) in [6, 6.07) is 1.27. The lowest BCUT2D eigenvalue weighted by atomic mass is 10.2. The first-order chi connectivity index (χ1) is 8.47. The van der Waals surface area contributed by atoms with Crippen LogP contribution < -0.4 is 5.32 Å². The lowest BCUT2D eigenvalue weighted by Gasteiger charge is -2.03. The molecule has 1 aromatic heterocycles. The van der Waals surface area contributed by atoms with Gasteiger partial charge >= 0.3 is 0 Å². The Morgan fingerprint density at radius 2 is 1.89 bits per heavy atom. The van der Waals surface area contributed by atoms with Crippen LogP contribution in [0.15, 0.2) is 17.5 Å². The number of rotatable bonds is 2. The lowest BCUT2D eigenvalue weighted by Crippen LogP contribution is -2.13. The first kappa shape index (κ1) is 12.6. The maximum atomic E-state index is 12.9. The molecule has 7 heteroatoms. The second-order valence-electron chi connectivity index (χ2n) is 3.50. The quantitative estimate of drug-likeness (QED) is 0.853. The van der Waals surface area contributed by atoms with Crippen molar-refractivity contribution in [2.45, 2.75) is 6.92 Å². The van der Waals surface area contributed by atoms with E-state index in [0.29, 0.717) is 23.0 Å². The van der Waals surface area contributed by atoms with Crippen molar-refractivity contribution >= 4 is 22.4 Å². The molecule has 0 atom stereocenters. The molecule has 0 saturated carbocycles. The molecular formula is C11H7F3N2OS. The number of benzene rings is 1. The summed E-state index contributed by atoms with van der Waals surface area (Å²) in [4.78, 5) is 15.6. The molecule has 0 unspecified atom stereocenters. The van der Waals surface area contributed by atoms with E-state index < -0.39 is 23.4 Å². The third-order valence-corrected chi connectivity index (χ3v) is 2.96. The third kappa shape index (κ3) is 2.51. The Kier molecular flexibility index (Phi) is 3.33. The largest absolute Gasteiger partial charge is 0.298 e. The fourth-order valence-corrected chi connectivity index (χ4v) is 1.95. The molecule has 94 valence electrons.